The number of thioether (sulfide) groups is 1. The van der Waals surface area contributed by atoms with Gasteiger partial charge in [-0.15, -0.1) is 11.8 Å². The highest BCUT2D eigenvalue weighted by Crippen LogP contribution is 2.32. The number of allylic oxidation sites excluding steroid dienone is 1. The van der Waals surface area contributed by atoms with Crippen LogP contribution in [0.2, 0.25) is 0 Å². The summed E-state index contributed by atoms with van der Waals surface area (Å²) in [4.78, 5) is 13.1. The maximum absolute atomic E-state index is 11.7. The summed E-state index contributed by atoms with van der Waals surface area (Å²) >= 11 is 1.96. The predicted molar refractivity (Wildman–Crippen MR) is 101 cm³/mol. The molecular weight excluding hydrogens is 316 g/mol. The number of rotatable bonds is 4. The van der Waals surface area contributed by atoms with Gasteiger partial charge < -0.3 is 4.74 Å². The molecule has 2 nitrogen and oxygen atoms in total. The molecule has 1 heterocycles. The first-order chi connectivity index (χ1) is 11.7. The van der Waals surface area contributed by atoms with Gasteiger partial charge in [-0.05, 0) is 72.9 Å². The summed E-state index contributed by atoms with van der Waals surface area (Å²) in [7, 11) is 0. The van der Waals surface area contributed by atoms with E-state index in [9.17, 15) is 4.79 Å². The Hall–Kier alpha value is -2.00. The van der Waals surface area contributed by atoms with Crippen LogP contribution in [-0.4, -0.2) is 18.3 Å². The molecule has 24 heavy (non-hydrogen) atoms. The second-order valence-electron chi connectivity index (χ2n) is 5.94. The van der Waals surface area contributed by atoms with Gasteiger partial charge in [0, 0.05) is 4.90 Å². The third-order valence-electron chi connectivity index (χ3n) is 4.17. The van der Waals surface area contributed by atoms with Crippen LogP contribution in [0.4, 0.5) is 0 Å². The van der Waals surface area contributed by atoms with E-state index < -0.39 is 0 Å². The lowest BCUT2D eigenvalue weighted by molar-refractivity contribution is 0.0526. The SMILES string of the molecule is CCOC(=O)c1ccc(/C=C(\C)c2ccc3c(c2)CCCS3)cc1. The van der Waals surface area contributed by atoms with Gasteiger partial charge in [0.05, 0.1) is 12.2 Å². The van der Waals surface area contributed by atoms with Gasteiger partial charge in [0.25, 0.3) is 0 Å². The van der Waals surface area contributed by atoms with Crippen molar-refractivity contribution in [1.82, 2.24) is 0 Å². The van der Waals surface area contributed by atoms with Gasteiger partial charge >= 0.3 is 5.97 Å². The lowest BCUT2D eigenvalue weighted by Gasteiger charge is -2.16. The Bertz CT molecular complexity index is 760. The second-order valence-corrected chi connectivity index (χ2v) is 7.08. The van der Waals surface area contributed by atoms with Crippen molar-refractivity contribution in [2.75, 3.05) is 12.4 Å². The summed E-state index contributed by atoms with van der Waals surface area (Å²) in [6, 6.07) is 14.3. The van der Waals surface area contributed by atoms with Crippen LogP contribution in [0.5, 0.6) is 0 Å². The van der Waals surface area contributed by atoms with Crippen molar-refractivity contribution in [2.24, 2.45) is 0 Å². The fourth-order valence-corrected chi connectivity index (χ4v) is 3.89. The van der Waals surface area contributed by atoms with Gasteiger partial charge in [0.1, 0.15) is 0 Å². The number of aryl methyl sites for hydroxylation is 1. The molecule has 0 amide bonds. The minimum absolute atomic E-state index is 0.267. The van der Waals surface area contributed by atoms with Gasteiger partial charge in [0.15, 0.2) is 0 Å². The van der Waals surface area contributed by atoms with Crippen LogP contribution in [-0.2, 0) is 11.2 Å². The van der Waals surface area contributed by atoms with Crippen molar-refractivity contribution in [2.45, 2.75) is 31.6 Å². The van der Waals surface area contributed by atoms with Crippen LogP contribution in [0.3, 0.4) is 0 Å². The Kier molecular flexibility index (Phi) is 5.41. The van der Waals surface area contributed by atoms with Gasteiger partial charge in [-0.3, -0.25) is 0 Å². The fraction of sp³-hybridized carbons (Fsp3) is 0.286. The molecule has 2 aromatic rings. The summed E-state index contributed by atoms with van der Waals surface area (Å²) in [6.45, 7) is 4.35. The van der Waals surface area contributed by atoms with Crippen molar-refractivity contribution in [1.29, 1.82) is 0 Å². The monoisotopic (exact) mass is 338 g/mol. The van der Waals surface area contributed by atoms with Gasteiger partial charge in [0.2, 0.25) is 0 Å². The number of carbonyl (C=O) groups is 1. The number of hydrogen-bond acceptors (Lipinski definition) is 3. The number of carbonyl (C=O) groups excluding carboxylic acids is 1. The van der Waals surface area contributed by atoms with E-state index in [0.717, 1.165) is 5.56 Å². The van der Waals surface area contributed by atoms with Crippen LogP contribution in [0.1, 0.15) is 47.3 Å². The molecule has 0 bridgehead atoms. The third kappa shape index (κ3) is 3.90. The first-order valence-corrected chi connectivity index (χ1v) is 9.37. The Balaban J connectivity index is 1.79. The molecule has 0 saturated carbocycles. The van der Waals surface area contributed by atoms with Gasteiger partial charge in [-0.2, -0.15) is 0 Å². The van der Waals surface area contributed by atoms with Crippen molar-refractivity contribution in [3.05, 3.63) is 64.7 Å². The molecule has 0 atom stereocenters. The molecule has 0 radical (unpaired) electrons. The molecule has 0 unspecified atom stereocenters. The normalized spacial score (nSPS) is 14.2. The van der Waals surface area contributed by atoms with E-state index in [0.29, 0.717) is 12.2 Å². The Morgan fingerprint density at radius 1 is 1.17 bits per heavy atom. The number of fused-ring (bicyclic) bond motifs is 1. The van der Waals surface area contributed by atoms with Gasteiger partial charge in [-0.1, -0.05) is 30.3 Å². The smallest absolute Gasteiger partial charge is 0.338 e. The Morgan fingerprint density at radius 3 is 2.67 bits per heavy atom. The zero-order chi connectivity index (χ0) is 16.9. The van der Waals surface area contributed by atoms with E-state index in [-0.39, 0.29) is 5.97 Å². The first kappa shape index (κ1) is 16.8. The highest BCUT2D eigenvalue weighted by molar-refractivity contribution is 7.99. The molecule has 0 aliphatic carbocycles. The van der Waals surface area contributed by atoms with Crippen molar-refractivity contribution in [3.63, 3.8) is 0 Å². The standard InChI is InChI=1S/C21H22O2S/c1-3-23-21(22)17-8-6-16(7-9-17)13-15(2)18-10-11-20-19(14-18)5-4-12-24-20/h6-11,13-14H,3-5,12H2,1-2H3/b15-13+. The molecule has 0 saturated heterocycles. The molecule has 0 fully saturated rings. The Morgan fingerprint density at radius 2 is 1.92 bits per heavy atom. The van der Waals surface area contributed by atoms with E-state index in [1.165, 1.54) is 40.2 Å². The molecular formula is C21H22O2S. The lowest BCUT2D eigenvalue weighted by atomic mass is 9.99. The topological polar surface area (TPSA) is 26.3 Å². The number of esters is 1. The third-order valence-corrected chi connectivity index (χ3v) is 5.37. The summed E-state index contributed by atoms with van der Waals surface area (Å²) in [5.74, 6) is 0.963. The number of benzene rings is 2. The molecule has 0 spiro atoms. The molecule has 3 heteroatoms. The predicted octanol–water partition coefficient (Wildman–Crippen LogP) is 5.46. The zero-order valence-electron chi connectivity index (χ0n) is 14.2. The highest BCUT2D eigenvalue weighted by Gasteiger charge is 2.10. The number of hydrogen-bond donors (Lipinski definition) is 0. The molecule has 3 rings (SSSR count). The van der Waals surface area contributed by atoms with E-state index in [4.69, 9.17) is 4.74 Å². The largest absolute Gasteiger partial charge is 0.462 e. The van der Waals surface area contributed by atoms with Gasteiger partial charge in [-0.25, -0.2) is 4.79 Å². The number of ether oxygens (including phenoxy) is 1. The average molecular weight is 338 g/mol. The highest BCUT2D eigenvalue weighted by atomic mass is 32.2. The van der Waals surface area contributed by atoms with E-state index in [1.54, 1.807) is 0 Å². The minimum Gasteiger partial charge on any atom is -0.462 e. The summed E-state index contributed by atoms with van der Waals surface area (Å²) in [5, 5.41) is 0. The first-order valence-electron chi connectivity index (χ1n) is 8.39. The molecule has 1 aliphatic heterocycles. The minimum atomic E-state index is -0.267. The summed E-state index contributed by atoms with van der Waals surface area (Å²) in [5.41, 5.74) is 5.65. The zero-order valence-corrected chi connectivity index (χ0v) is 15.0. The molecule has 124 valence electrons. The molecule has 0 aromatic heterocycles. The average Bonchev–Trinajstić information content (AvgIpc) is 2.62. The lowest BCUT2D eigenvalue weighted by Crippen LogP contribution is -2.04. The van der Waals surface area contributed by atoms with E-state index >= 15 is 0 Å². The van der Waals surface area contributed by atoms with Crippen LogP contribution in [0.15, 0.2) is 47.4 Å². The van der Waals surface area contributed by atoms with Crippen LogP contribution < -0.4 is 0 Å². The maximum atomic E-state index is 11.7. The Labute approximate surface area is 147 Å². The van der Waals surface area contributed by atoms with Crippen molar-refractivity contribution < 1.29 is 9.53 Å². The quantitative estimate of drug-likeness (QED) is 0.547. The van der Waals surface area contributed by atoms with Crippen LogP contribution in [0, 0.1) is 0 Å². The summed E-state index contributed by atoms with van der Waals surface area (Å²) in [6.07, 6.45) is 4.60. The summed E-state index contributed by atoms with van der Waals surface area (Å²) < 4.78 is 5.01. The molecule has 2 aromatic carbocycles. The molecule has 0 N–H and O–H groups in total. The van der Waals surface area contributed by atoms with Crippen LogP contribution in [0.25, 0.3) is 11.6 Å². The second kappa shape index (κ2) is 7.71. The van der Waals surface area contributed by atoms with Crippen molar-refractivity contribution >= 4 is 29.4 Å². The van der Waals surface area contributed by atoms with Crippen LogP contribution >= 0.6 is 11.8 Å². The fourth-order valence-electron chi connectivity index (χ4n) is 2.87. The van der Waals surface area contributed by atoms with E-state index in [2.05, 4.69) is 31.2 Å². The van der Waals surface area contributed by atoms with Crippen molar-refractivity contribution in [3.8, 4) is 0 Å². The molecule has 1 aliphatic rings. The van der Waals surface area contributed by atoms with E-state index in [1.807, 2.05) is 43.0 Å². The maximum Gasteiger partial charge on any atom is 0.338 e.